The molecule has 0 spiro atoms. The third-order valence-electron chi connectivity index (χ3n) is 10.3. The van der Waals surface area contributed by atoms with E-state index in [1.54, 1.807) is 0 Å². The third-order valence-corrected chi connectivity index (χ3v) is 10.3. The van der Waals surface area contributed by atoms with Crippen LogP contribution in [0.1, 0.15) is 5.56 Å². The Labute approximate surface area is 301 Å². The van der Waals surface area contributed by atoms with E-state index in [-0.39, 0.29) is 0 Å². The summed E-state index contributed by atoms with van der Waals surface area (Å²) in [7, 11) is 0. The van der Waals surface area contributed by atoms with Gasteiger partial charge in [-0.2, -0.15) is 5.26 Å². The smallest absolute Gasteiger partial charge is 0.0992 e. The van der Waals surface area contributed by atoms with Crippen molar-refractivity contribution < 1.29 is 0 Å². The van der Waals surface area contributed by atoms with Crippen molar-refractivity contribution in [1.82, 2.24) is 9.13 Å². The van der Waals surface area contributed by atoms with Gasteiger partial charge in [-0.3, -0.25) is 0 Å². The first-order valence-electron chi connectivity index (χ1n) is 17.6. The molecule has 0 aliphatic rings. The number of para-hydroxylation sites is 2. The second-order valence-corrected chi connectivity index (χ2v) is 13.3. The molecule has 8 aromatic carbocycles. The molecule has 0 saturated carbocycles. The monoisotopic (exact) mass is 661 g/mol. The Bertz CT molecular complexity index is 3010. The molecule has 0 bridgehead atoms. The van der Waals surface area contributed by atoms with Gasteiger partial charge >= 0.3 is 0 Å². The number of fused-ring (bicyclic) bond motifs is 6. The van der Waals surface area contributed by atoms with Crippen LogP contribution in [-0.2, 0) is 0 Å². The Hall–Kier alpha value is -7.15. The fraction of sp³-hybridized carbons (Fsp3) is 0. The third kappa shape index (κ3) is 4.81. The fourth-order valence-electron chi connectivity index (χ4n) is 7.92. The minimum Gasteiger partial charge on any atom is -0.309 e. The molecule has 2 aromatic heterocycles. The van der Waals surface area contributed by atoms with Gasteiger partial charge in [0.15, 0.2) is 0 Å². The molecule has 0 atom stereocenters. The van der Waals surface area contributed by atoms with Crippen LogP contribution in [0.4, 0.5) is 0 Å². The van der Waals surface area contributed by atoms with Gasteiger partial charge in [-0.15, -0.1) is 0 Å². The Morgan fingerprint density at radius 3 is 1.37 bits per heavy atom. The molecule has 0 aliphatic carbocycles. The number of nitriles is 1. The van der Waals surface area contributed by atoms with E-state index in [1.165, 1.54) is 49.3 Å². The topological polar surface area (TPSA) is 33.6 Å². The summed E-state index contributed by atoms with van der Waals surface area (Å²) in [5, 5.41) is 14.8. The van der Waals surface area contributed by atoms with Crippen LogP contribution >= 0.6 is 0 Å². The summed E-state index contributed by atoms with van der Waals surface area (Å²) < 4.78 is 4.68. The van der Waals surface area contributed by atoms with Crippen molar-refractivity contribution in [2.24, 2.45) is 0 Å². The number of hydrogen-bond donors (Lipinski definition) is 0. The van der Waals surface area contributed by atoms with Gasteiger partial charge in [-0.05, 0) is 100 Å². The minimum atomic E-state index is 0.637. The van der Waals surface area contributed by atoms with Gasteiger partial charge in [0.05, 0.1) is 33.7 Å². The highest BCUT2D eigenvalue weighted by molar-refractivity contribution is 6.12. The number of benzene rings is 8. The Kier molecular flexibility index (Phi) is 6.87. The molecule has 10 rings (SSSR count). The van der Waals surface area contributed by atoms with Gasteiger partial charge < -0.3 is 9.13 Å². The van der Waals surface area contributed by atoms with E-state index < -0.39 is 0 Å². The molecule has 52 heavy (non-hydrogen) atoms. The molecule has 0 amide bonds. The molecule has 3 nitrogen and oxygen atoms in total. The molecule has 2 heterocycles. The summed E-state index contributed by atoms with van der Waals surface area (Å²) in [5.74, 6) is 0. The van der Waals surface area contributed by atoms with Gasteiger partial charge in [0.1, 0.15) is 0 Å². The van der Waals surface area contributed by atoms with Gasteiger partial charge in [0.2, 0.25) is 0 Å². The standard InChI is InChI=1S/C49H31N3/c50-32-33-26-39(35-14-5-2-6-15-35)29-41(27-33)52-47-21-10-8-19-43(47)45-31-38(23-25-49(45)52)37-22-24-48-44(30-37)42-18-7-9-20-46(42)51(48)40-17-11-16-36(28-40)34-12-3-1-4-13-34/h1-31H. The quantitative estimate of drug-likeness (QED) is 0.181. The van der Waals surface area contributed by atoms with Crippen molar-refractivity contribution in [2.45, 2.75) is 0 Å². The molecule has 10 aromatic rings. The van der Waals surface area contributed by atoms with Crippen LogP contribution in [0.5, 0.6) is 0 Å². The SMILES string of the molecule is N#Cc1cc(-c2ccccc2)cc(-n2c3ccccc3c3cc(-c4ccc5c(c4)c4ccccc4n5-c4cccc(-c5ccccc5)c4)ccc32)c1. The summed E-state index contributed by atoms with van der Waals surface area (Å²) >= 11 is 0. The van der Waals surface area contributed by atoms with E-state index in [4.69, 9.17) is 0 Å². The predicted molar refractivity (Wildman–Crippen MR) is 216 cm³/mol. The first-order valence-corrected chi connectivity index (χ1v) is 17.6. The predicted octanol–water partition coefficient (Wildman–Crippen LogP) is 12.8. The minimum absolute atomic E-state index is 0.637. The van der Waals surface area contributed by atoms with E-state index in [0.29, 0.717) is 5.56 Å². The summed E-state index contributed by atoms with van der Waals surface area (Å²) in [6, 6.07) is 69.1. The lowest BCUT2D eigenvalue weighted by Crippen LogP contribution is -1.96. The van der Waals surface area contributed by atoms with Crippen molar-refractivity contribution in [3.8, 4) is 50.8 Å². The van der Waals surface area contributed by atoms with Crippen molar-refractivity contribution >= 4 is 43.6 Å². The van der Waals surface area contributed by atoms with Gasteiger partial charge in [0.25, 0.3) is 0 Å². The lowest BCUT2D eigenvalue weighted by Gasteiger charge is -2.12. The summed E-state index contributed by atoms with van der Waals surface area (Å²) in [4.78, 5) is 0. The largest absolute Gasteiger partial charge is 0.309 e. The van der Waals surface area contributed by atoms with Crippen molar-refractivity contribution in [3.63, 3.8) is 0 Å². The average molecular weight is 662 g/mol. The van der Waals surface area contributed by atoms with E-state index in [2.05, 4.69) is 173 Å². The number of nitrogens with zero attached hydrogens (tertiary/aromatic N) is 3. The van der Waals surface area contributed by atoms with Crippen LogP contribution in [0.2, 0.25) is 0 Å². The van der Waals surface area contributed by atoms with E-state index in [0.717, 1.165) is 39.1 Å². The van der Waals surface area contributed by atoms with Crippen LogP contribution in [-0.4, -0.2) is 9.13 Å². The molecule has 3 heteroatoms. The van der Waals surface area contributed by atoms with Gasteiger partial charge in [-0.1, -0.05) is 121 Å². The Morgan fingerprint density at radius 1 is 0.308 bits per heavy atom. The molecule has 0 N–H and O–H groups in total. The maximum atomic E-state index is 10.0. The number of rotatable bonds is 5. The maximum absolute atomic E-state index is 10.0. The molecule has 242 valence electrons. The zero-order valence-electron chi connectivity index (χ0n) is 28.2. The van der Waals surface area contributed by atoms with Crippen LogP contribution < -0.4 is 0 Å². The molecular weight excluding hydrogens is 631 g/mol. The highest BCUT2D eigenvalue weighted by Crippen LogP contribution is 2.39. The average Bonchev–Trinajstić information content (AvgIpc) is 3.73. The number of hydrogen-bond acceptors (Lipinski definition) is 1. The fourth-order valence-corrected chi connectivity index (χ4v) is 7.92. The second kappa shape index (κ2) is 12.0. The molecule has 0 unspecified atom stereocenters. The Morgan fingerprint density at radius 2 is 0.769 bits per heavy atom. The zero-order chi connectivity index (χ0) is 34.6. The van der Waals surface area contributed by atoms with Crippen LogP contribution in [0, 0.1) is 11.3 Å². The highest BCUT2D eigenvalue weighted by Gasteiger charge is 2.17. The van der Waals surface area contributed by atoms with Gasteiger partial charge in [0, 0.05) is 32.9 Å². The Balaban J connectivity index is 1.13. The molecule has 0 radical (unpaired) electrons. The molecule has 0 aliphatic heterocycles. The van der Waals surface area contributed by atoms with Crippen LogP contribution in [0.15, 0.2) is 188 Å². The lowest BCUT2D eigenvalue weighted by molar-refractivity contribution is 1.18. The zero-order valence-corrected chi connectivity index (χ0v) is 28.2. The van der Waals surface area contributed by atoms with Crippen molar-refractivity contribution in [3.05, 3.63) is 194 Å². The van der Waals surface area contributed by atoms with E-state index in [1.807, 2.05) is 30.3 Å². The second-order valence-electron chi connectivity index (χ2n) is 13.3. The summed E-state index contributed by atoms with van der Waals surface area (Å²) in [6.45, 7) is 0. The first kappa shape index (κ1) is 29.7. The van der Waals surface area contributed by atoms with Gasteiger partial charge in [-0.25, -0.2) is 0 Å². The van der Waals surface area contributed by atoms with Crippen LogP contribution in [0.3, 0.4) is 0 Å². The maximum Gasteiger partial charge on any atom is 0.0992 e. The number of aromatic nitrogens is 2. The lowest BCUT2D eigenvalue weighted by atomic mass is 10.0. The van der Waals surface area contributed by atoms with E-state index >= 15 is 0 Å². The summed E-state index contributed by atoms with van der Waals surface area (Å²) in [6.07, 6.45) is 0. The molecular formula is C49H31N3. The normalized spacial score (nSPS) is 11.4. The summed E-state index contributed by atoms with van der Waals surface area (Å²) in [5.41, 5.74) is 14.2. The highest BCUT2D eigenvalue weighted by atomic mass is 15.0. The van der Waals surface area contributed by atoms with Crippen molar-refractivity contribution in [1.29, 1.82) is 5.26 Å². The van der Waals surface area contributed by atoms with E-state index in [9.17, 15) is 5.26 Å². The molecule has 0 saturated heterocycles. The first-order chi connectivity index (χ1) is 25.7. The van der Waals surface area contributed by atoms with Crippen molar-refractivity contribution in [2.75, 3.05) is 0 Å². The molecule has 0 fully saturated rings. The van der Waals surface area contributed by atoms with Crippen LogP contribution in [0.25, 0.3) is 88.4 Å².